The van der Waals surface area contributed by atoms with Crippen molar-refractivity contribution in [3.8, 4) is 5.75 Å². The average Bonchev–Trinajstić information content (AvgIpc) is 2.68. The van der Waals surface area contributed by atoms with Gasteiger partial charge >= 0.3 is 0 Å². The summed E-state index contributed by atoms with van der Waals surface area (Å²) >= 11 is 0. The minimum Gasteiger partial charge on any atom is -0.491 e. The maximum atomic E-state index is 12.2. The van der Waals surface area contributed by atoms with Crippen LogP contribution in [0.1, 0.15) is 44.2 Å². The Morgan fingerprint density at radius 3 is 2.42 bits per heavy atom. The lowest BCUT2D eigenvalue weighted by atomic mass is 10.1. The highest BCUT2D eigenvalue weighted by Gasteiger charge is 2.17. The number of benzene rings is 2. The van der Waals surface area contributed by atoms with Gasteiger partial charge in [-0.15, -0.1) is 0 Å². The van der Waals surface area contributed by atoms with Crippen LogP contribution in [0.25, 0.3) is 0 Å². The lowest BCUT2D eigenvalue weighted by Gasteiger charge is -2.22. The normalized spacial score (nSPS) is 11.4. The standard InChI is InChI=1S/C24H34N2O4S/c1-19(2)30-23-14-12-21(13-15-23)9-6-16-25-24(27)11-7-17-26(31(4,28)29)22-10-5-8-20(3)18-22/h5,8,10,12-15,18-19H,6-7,9,11,16-17H2,1-4H3,(H,25,27). The van der Waals surface area contributed by atoms with E-state index >= 15 is 0 Å². The van der Waals surface area contributed by atoms with Crippen LogP contribution < -0.4 is 14.4 Å². The number of anilines is 1. The number of hydrogen-bond acceptors (Lipinski definition) is 4. The van der Waals surface area contributed by atoms with Gasteiger partial charge < -0.3 is 10.1 Å². The molecule has 0 fully saturated rings. The molecule has 0 bridgehead atoms. The molecule has 0 aromatic heterocycles. The van der Waals surface area contributed by atoms with Gasteiger partial charge in [0.2, 0.25) is 15.9 Å². The summed E-state index contributed by atoms with van der Waals surface area (Å²) < 4.78 is 31.3. The molecular formula is C24H34N2O4S. The molecule has 1 amide bonds. The molecule has 0 saturated heterocycles. The summed E-state index contributed by atoms with van der Waals surface area (Å²) in [5.74, 6) is 0.805. The summed E-state index contributed by atoms with van der Waals surface area (Å²) in [7, 11) is -3.40. The van der Waals surface area contributed by atoms with Crippen LogP contribution >= 0.6 is 0 Å². The molecule has 0 aliphatic rings. The van der Waals surface area contributed by atoms with Gasteiger partial charge in [-0.2, -0.15) is 0 Å². The van der Waals surface area contributed by atoms with Crippen molar-refractivity contribution < 1.29 is 17.9 Å². The van der Waals surface area contributed by atoms with E-state index in [1.54, 1.807) is 6.07 Å². The second-order valence-corrected chi connectivity index (χ2v) is 9.95. The van der Waals surface area contributed by atoms with Crippen molar-refractivity contribution in [1.29, 1.82) is 0 Å². The third-order valence-electron chi connectivity index (χ3n) is 4.71. The number of rotatable bonds is 12. The number of amides is 1. The van der Waals surface area contributed by atoms with Crippen LogP contribution in [0.4, 0.5) is 5.69 Å². The largest absolute Gasteiger partial charge is 0.491 e. The first-order valence-electron chi connectivity index (χ1n) is 10.7. The second-order valence-electron chi connectivity index (χ2n) is 8.04. The van der Waals surface area contributed by atoms with Crippen LogP contribution in [-0.2, 0) is 21.2 Å². The third-order valence-corrected chi connectivity index (χ3v) is 5.91. The smallest absolute Gasteiger partial charge is 0.232 e. The molecule has 170 valence electrons. The number of ether oxygens (including phenoxy) is 1. The topological polar surface area (TPSA) is 75.7 Å². The Labute approximate surface area is 186 Å². The Kier molecular flexibility index (Phi) is 9.37. The number of nitrogens with zero attached hydrogens (tertiary/aromatic N) is 1. The molecule has 0 radical (unpaired) electrons. The second kappa shape index (κ2) is 11.7. The Morgan fingerprint density at radius 1 is 1.10 bits per heavy atom. The summed E-state index contributed by atoms with van der Waals surface area (Å²) in [5, 5.41) is 2.92. The number of carbonyl (C=O) groups is 1. The minimum absolute atomic E-state index is 0.0571. The maximum Gasteiger partial charge on any atom is 0.232 e. The summed E-state index contributed by atoms with van der Waals surface area (Å²) in [6.07, 6.45) is 3.81. The van der Waals surface area contributed by atoms with Crippen LogP contribution in [-0.4, -0.2) is 39.8 Å². The Bertz CT molecular complexity index is 940. The zero-order chi connectivity index (χ0) is 22.9. The molecule has 31 heavy (non-hydrogen) atoms. The number of nitrogens with one attached hydrogen (secondary N) is 1. The van der Waals surface area contributed by atoms with Crippen LogP contribution in [0.15, 0.2) is 48.5 Å². The van der Waals surface area contributed by atoms with E-state index in [1.165, 1.54) is 16.1 Å². The van der Waals surface area contributed by atoms with Gasteiger partial charge in [0, 0.05) is 19.5 Å². The highest BCUT2D eigenvalue weighted by atomic mass is 32.2. The fraction of sp³-hybridized carbons (Fsp3) is 0.458. The first-order valence-corrected chi connectivity index (χ1v) is 12.6. The molecule has 0 unspecified atom stereocenters. The molecule has 2 rings (SSSR count). The van der Waals surface area contributed by atoms with Gasteiger partial charge in [-0.3, -0.25) is 9.10 Å². The van der Waals surface area contributed by atoms with Crippen LogP contribution in [0, 0.1) is 6.92 Å². The molecule has 0 spiro atoms. The molecule has 7 heteroatoms. The highest BCUT2D eigenvalue weighted by molar-refractivity contribution is 7.92. The first-order chi connectivity index (χ1) is 14.6. The Balaban J connectivity index is 1.71. The fourth-order valence-electron chi connectivity index (χ4n) is 3.27. The number of hydrogen-bond donors (Lipinski definition) is 1. The summed E-state index contributed by atoms with van der Waals surface area (Å²) in [5.41, 5.74) is 2.83. The van der Waals surface area contributed by atoms with Crippen LogP contribution in [0.3, 0.4) is 0 Å². The van der Waals surface area contributed by atoms with Gasteiger partial charge in [0.05, 0.1) is 18.0 Å². The number of carbonyl (C=O) groups excluding carboxylic acids is 1. The molecule has 6 nitrogen and oxygen atoms in total. The first kappa shape index (κ1) is 24.7. The van der Waals surface area contributed by atoms with Crippen molar-refractivity contribution in [3.05, 3.63) is 59.7 Å². The summed E-state index contributed by atoms with van der Waals surface area (Å²) in [6.45, 7) is 6.79. The summed E-state index contributed by atoms with van der Waals surface area (Å²) in [4.78, 5) is 12.1. The van der Waals surface area contributed by atoms with Crippen molar-refractivity contribution >= 4 is 21.6 Å². The Hall–Kier alpha value is -2.54. The van der Waals surface area contributed by atoms with E-state index in [1.807, 2.05) is 63.2 Å². The van der Waals surface area contributed by atoms with Crippen LogP contribution in [0.5, 0.6) is 5.75 Å². The van der Waals surface area contributed by atoms with Crippen molar-refractivity contribution in [2.75, 3.05) is 23.7 Å². The van der Waals surface area contributed by atoms with E-state index < -0.39 is 10.0 Å². The highest BCUT2D eigenvalue weighted by Crippen LogP contribution is 2.19. The zero-order valence-electron chi connectivity index (χ0n) is 18.9. The molecule has 2 aromatic carbocycles. The van der Waals surface area contributed by atoms with E-state index in [2.05, 4.69) is 5.32 Å². The monoisotopic (exact) mass is 446 g/mol. The van der Waals surface area contributed by atoms with Gasteiger partial charge in [-0.25, -0.2) is 8.42 Å². The van der Waals surface area contributed by atoms with Crippen molar-refractivity contribution in [2.45, 2.75) is 52.6 Å². The molecule has 0 aliphatic carbocycles. The Morgan fingerprint density at radius 2 is 1.81 bits per heavy atom. The van der Waals surface area contributed by atoms with Gasteiger partial charge in [-0.05, 0) is 75.4 Å². The quantitative estimate of drug-likeness (QED) is 0.499. The molecular weight excluding hydrogens is 412 g/mol. The molecule has 0 heterocycles. The maximum absolute atomic E-state index is 12.2. The zero-order valence-corrected chi connectivity index (χ0v) is 19.7. The minimum atomic E-state index is -3.40. The van der Waals surface area contributed by atoms with E-state index in [9.17, 15) is 13.2 Å². The SMILES string of the molecule is Cc1cccc(N(CCCC(=O)NCCCc2ccc(OC(C)C)cc2)S(C)(=O)=O)c1. The summed E-state index contributed by atoms with van der Waals surface area (Å²) in [6, 6.07) is 15.4. The molecule has 2 aromatic rings. The lowest BCUT2D eigenvalue weighted by Crippen LogP contribution is -2.32. The molecule has 1 N–H and O–H groups in total. The molecule has 0 saturated carbocycles. The van der Waals surface area contributed by atoms with E-state index in [0.29, 0.717) is 25.1 Å². The van der Waals surface area contributed by atoms with E-state index in [4.69, 9.17) is 4.74 Å². The van der Waals surface area contributed by atoms with Crippen molar-refractivity contribution in [3.63, 3.8) is 0 Å². The molecule has 0 aliphatic heterocycles. The number of sulfonamides is 1. The van der Waals surface area contributed by atoms with E-state index in [-0.39, 0.29) is 18.6 Å². The predicted octanol–water partition coefficient (Wildman–Crippen LogP) is 4.08. The van der Waals surface area contributed by atoms with Gasteiger partial charge in [0.25, 0.3) is 0 Å². The average molecular weight is 447 g/mol. The third kappa shape index (κ3) is 9.00. The molecule has 0 atom stereocenters. The van der Waals surface area contributed by atoms with Crippen molar-refractivity contribution in [2.24, 2.45) is 0 Å². The number of aryl methyl sites for hydroxylation is 2. The predicted molar refractivity (Wildman–Crippen MR) is 126 cm³/mol. The van der Waals surface area contributed by atoms with Crippen molar-refractivity contribution in [1.82, 2.24) is 5.32 Å². The van der Waals surface area contributed by atoms with Crippen LogP contribution in [0.2, 0.25) is 0 Å². The van der Waals surface area contributed by atoms with E-state index in [0.717, 1.165) is 24.2 Å². The van der Waals surface area contributed by atoms with Gasteiger partial charge in [0.1, 0.15) is 5.75 Å². The van der Waals surface area contributed by atoms with Gasteiger partial charge in [0.15, 0.2) is 0 Å². The van der Waals surface area contributed by atoms with Gasteiger partial charge in [-0.1, -0.05) is 24.3 Å². The lowest BCUT2D eigenvalue weighted by molar-refractivity contribution is -0.121. The fourth-order valence-corrected chi connectivity index (χ4v) is 4.23.